The molecule has 1 aliphatic carbocycles. The van der Waals surface area contributed by atoms with Gasteiger partial charge < -0.3 is 9.64 Å². The number of alkyl halides is 1. The van der Waals surface area contributed by atoms with Crippen molar-refractivity contribution in [3.63, 3.8) is 0 Å². The molecule has 0 aliphatic heterocycles. The van der Waals surface area contributed by atoms with E-state index in [4.69, 9.17) is 4.74 Å². The van der Waals surface area contributed by atoms with Crippen molar-refractivity contribution in [2.75, 3.05) is 18.5 Å². The third-order valence-electron chi connectivity index (χ3n) is 2.99. The van der Waals surface area contributed by atoms with Crippen LogP contribution in [0.3, 0.4) is 0 Å². The summed E-state index contributed by atoms with van der Waals surface area (Å²) in [6.07, 6.45) is 2.24. The van der Waals surface area contributed by atoms with Gasteiger partial charge >= 0.3 is 0 Å². The fourth-order valence-corrected chi connectivity index (χ4v) is 2.39. The lowest BCUT2D eigenvalue weighted by Gasteiger charge is -2.22. The summed E-state index contributed by atoms with van der Waals surface area (Å²) in [7, 11) is 0. The van der Waals surface area contributed by atoms with Gasteiger partial charge in [0.1, 0.15) is 5.75 Å². The highest BCUT2D eigenvalue weighted by Crippen LogP contribution is 2.30. The van der Waals surface area contributed by atoms with Crippen LogP contribution in [0, 0.1) is 0 Å². The van der Waals surface area contributed by atoms with Crippen molar-refractivity contribution in [2.45, 2.75) is 25.8 Å². The minimum absolute atomic E-state index is 0.0843. The molecule has 0 atom stereocenters. The predicted octanol–water partition coefficient (Wildman–Crippen LogP) is 3.08. The number of benzene rings is 1. The van der Waals surface area contributed by atoms with Crippen molar-refractivity contribution >= 4 is 21.8 Å². The Morgan fingerprint density at radius 3 is 2.78 bits per heavy atom. The molecule has 1 saturated carbocycles. The van der Waals surface area contributed by atoms with Crippen molar-refractivity contribution in [3.8, 4) is 5.75 Å². The first-order valence-corrected chi connectivity index (χ1v) is 7.48. The van der Waals surface area contributed by atoms with Crippen molar-refractivity contribution in [2.24, 2.45) is 0 Å². The highest BCUT2D eigenvalue weighted by molar-refractivity contribution is 9.09. The first-order chi connectivity index (χ1) is 8.77. The molecule has 1 fully saturated rings. The topological polar surface area (TPSA) is 29.5 Å². The Labute approximate surface area is 116 Å². The Hall–Kier alpha value is -1.03. The monoisotopic (exact) mass is 311 g/mol. The first kappa shape index (κ1) is 13.4. The number of halogens is 1. The van der Waals surface area contributed by atoms with E-state index in [9.17, 15) is 4.79 Å². The molecule has 0 radical (unpaired) electrons. The Kier molecular flexibility index (Phi) is 4.64. The molecule has 1 aromatic rings. The molecule has 0 saturated heterocycles. The minimum Gasteiger partial charge on any atom is -0.493 e. The van der Waals surface area contributed by atoms with Gasteiger partial charge in [-0.1, -0.05) is 28.1 Å². The van der Waals surface area contributed by atoms with Crippen molar-refractivity contribution in [1.82, 2.24) is 4.90 Å². The van der Waals surface area contributed by atoms with Gasteiger partial charge in [0.25, 0.3) is 5.91 Å². The lowest BCUT2D eigenvalue weighted by molar-refractivity contribution is 0.0750. The molecule has 2 rings (SSSR count). The third kappa shape index (κ3) is 3.05. The van der Waals surface area contributed by atoms with E-state index in [2.05, 4.69) is 15.9 Å². The molecule has 98 valence electrons. The summed E-state index contributed by atoms with van der Waals surface area (Å²) in [4.78, 5) is 14.5. The molecule has 3 nitrogen and oxygen atoms in total. The molecule has 0 spiro atoms. The molecular weight excluding hydrogens is 294 g/mol. The maximum atomic E-state index is 12.5. The Morgan fingerprint density at radius 1 is 1.44 bits per heavy atom. The molecule has 18 heavy (non-hydrogen) atoms. The quantitative estimate of drug-likeness (QED) is 0.756. The number of ether oxygens (including phenoxy) is 1. The SMILES string of the molecule is CCOc1ccccc1C(=O)N(CCBr)C1CC1. The number of nitrogens with zero attached hydrogens (tertiary/aromatic N) is 1. The van der Waals surface area contributed by atoms with Crippen LogP contribution in [0.2, 0.25) is 0 Å². The lowest BCUT2D eigenvalue weighted by Crippen LogP contribution is -2.34. The fraction of sp³-hybridized carbons (Fsp3) is 0.500. The molecule has 0 bridgehead atoms. The summed E-state index contributed by atoms with van der Waals surface area (Å²) in [6, 6.07) is 7.90. The third-order valence-corrected chi connectivity index (χ3v) is 3.35. The van der Waals surface area contributed by atoms with Gasteiger partial charge in [-0.15, -0.1) is 0 Å². The molecule has 0 N–H and O–H groups in total. The van der Waals surface area contributed by atoms with E-state index in [-0.39, 0.29) is 5.91 Å². The standard InChI is InChI=1S/C14H18BrNO2/c1-2-18-13-6-4-3-5-12(13)14(17)16(10-9-15)11-7-8-11/h3-6,11H,2,7-10H2,1H3. The summed E-state index contributed by atoms with van der Waals surface area (Å²) in [6.45, 7) is 3.26. The maximum absolute atomic E-state index is 12.5. The number of carbonyl (C=O) groups is 1. The van der Waals surface area contributed by atoms with Gasteiger partial charge in [-0.25, -0.2) is 0 Å². The number of para-hydroxylation sites is 1. The smallest absolute Gasteiger partial charge is 0.257 e. The van der Waals surface area contributed by atoms with Crippen LogP contribution in [-0.4, -0.2) is 35.3 Å². The molecule has 1 amide bonds. The average molecular weight is 312 g/mol. The van der Waals surface area contributed by atoms with E-state index < -0.39 is 0 Å². The predicted molar refractivity (Wildman–Crippen MR) is 75.5 cm³/mol. The van der Waals surface area contributed by atoms with Gasteiger partial charge in [0.05, 0.1) is 12.2 Å². The van der Waals surface area contributed by atoms with Gasteiger partial charge in [-0.05, 0) is 31.9 Å². The van der Waals surface area contributed by atoms with E-state index in [1.807, 2.05) is 36.1 Å². The van der Waals surface area contributed by atoms with Crippen LogP contribution in [0.15, 0.2) is 24.3 Å². The second kappa shape index (κ2) is 6.23. The Bertz CT molecular complexity index is 418. The fourth-order valence-electron chi connectivity index (χ4n) is 2.01. The second-order valence-corrected chi connectivity index (χ2v) is 5.14. The van der Waals surface area contributed by atoms with E-state index in [1.54, 1.807) is 0 Å². The summed E-state index contributed by atoms with van der Waals surface area (Å²) >= 11 is 3.41. The summed E-state index contributed by atoms with van der Waals surface area (Å²) in [5, 5.41) is 0.812. The van der Waals surface area contributed by atoms with Gasteiger partial charge in [0.15, 0.2) is 0 Å². The first-order valence-electron chi connectivity index (χ1n) is 6.36. The van der Waals surface area contributed by atoms with Crippen LogP contribution in [0.25, 0.3) is 0 Å². The number of rotatable bonds is 6. The molecule has 1 aromatic carbocycles. The Balaban J connectivity index is 2.20. The summed E-state index contributed by atoms with van der Waals surface area (Å²) in [5.41, 5.74) is 0.673. The van der Waals surface area contributed by atoms with Crippen LogP contribution < -0.4 is 4.74 Å². The zero-order chi connectivity index (χ0) is 13.0. The average Bonchev–Trinajstić information content (AvgIpc) is 3.20. The van der Waals surface area contributed by atoms with Gasteiger partial charge in [-0.3, -0.25) is 4.79 Å². The van der Waals surface area contributed by atoms with Gasteiger partial charge in [0, 0.05) is 17.9 Å². The zero-order valence-corrected chi connectivity index (χ0v) is 12.1. The Morgan fingerprint density at radius 2 is 2.17 bits per heavy atom. The summed E-state index contributed by atoms with van der Waals surface area (Å²) < 4.78 is 5.53. The van der Waals surface area contributed by atoms with E-state index in [0.717, 1.165) is 24.7 Å². The number of amides is 1. The molecule has 0 aromatic heterocycles. The molecule has 1 aliphatic rings. The van der Waals surface area contributed by atoms with Crippen LogP contribution in [0.5, 0.6) is 5.75 Å². The van der Waals surface area contributed by atoms with Crippen LogP contribution in [0.1, 0.15) is 30.1 Å². The highest BCUT2D eigenvalue weighted by atomic mass is 79.9. The highest BCUT2D eigenvalue weighted by Gasteiger charge is 2.33. The largest absolute Gasteiger partial charge is 0.493 e. The van der Waals surface area contributed by atoms with Gasteiger partial charge in [0.2, 0.25) is 0 Å². The lowest BCUT2D eigenvalue weighted by atomic mass is 10.1. The van der Waals surface area contributed by atoms with Crippen LogP contribution in [-0.2, 0) is 0 Å². The number of carbonyl (C=O) groups excluding carboxylic acids is 1. The van der Waals surface area contributed by atoms with Crippen molar-refractivity contribution in [3.05, 3.63) is 29.8 Å². The van der Waals surface area contributed by atoms with Crippen molar-refractivity contribution in [1.29, 1.82) is 0 Å². The zero-order valence-electron chi connectivity index (χ0n) is 10.6. The second-order valence-electron chi connectivity index (χ2n) is 4.35. The van der Waals surface area contributed by atoms with E-state index in [0.29, 0.717) is 24.0 Å². The van der Waals surface area contributed by atoms with Crippen LogP contribution in [0.4, 0.5) is 0 Å². The van der Waals surface area contributed by atoms with Gasteiger partial charge in [-0.2, -0.15) is 0 Å². The molecule has 0 unspecified atom stereocenters. The summed E-state index contributed by atoms with van der Waals surface area (Å²) in [5.74, 6) is 0.770. The normalized spacial score (nSPS) is 14.3. The van der Waals surface area contributed by atoms with E-state index >= 15 is 0 Å². The van der Waals surface area contributed by atoms with Crippen LogP contribution >= 0.6 is 15.9 Å². The van der Waals surface area contributed by atoms with Crippen molar-refractivity contribution < 1.29 is 9.53 Å². The molecule has 4 heteroatoms. The molecular formula is C14H18BrNO2. The number of hydrogen-bond acceptors (Lipinski definition) is 2. The number of hydrogen-bond donors (Lipinski definition) is 0. The maximum Gasteiger partial charge on any atom is 0.257 e. The molecule has 0 heterocycles. The van der Waals surface area contributed by atoms with E-state index in [1.165, 1.54) is 0 Å². The minimum atomic E-state index is 0.0843.